The molecule has 1 amide bonds. The predicted molar refractivity (Wildman–Crippen MR) is 97.2 cm³/mol. The van der Waals surface area contributed by atoms with Gasteiger partial charge in [-0.25, -0.2) is 9.18 Å². The number of hydrogen-bond acceptors (Lipinski definition) is 4. The lowest BCUT2D eigenvalue weighted by Crippen LogP contribution is -2.29. The van der Waals surface area contributed by atoms with Crippen molar-refractivity contribution in [1.29, 1.82) is 0 Å². The molecule has 0 aliphatic heterocycles. The van der Waals surface area contributed by atoms with Gasteiger partial charge < -0.3 is 14.8 Å². The van der Waals surface area contributed by atoms with Crippen LogP contribution in [-0.4, -0.2) is 24.6 Å². The van der Waals surface area contributed by atoms with E-state index in [1.165, 1.54) is 37.3 Å². The van der Waals surface area contributed by atoms with Gasteiger partial charge in [-0.15, -0.1) is 0 Å². The van der Waals surface area contributed by atoms with Gasteiger partial charge in [0.1, 0.15) is 11.6 Å². The van der Waals surface area contributed by atoms with E-state index in [0.717, 1.165) is 5.56 Å². The smallest absolute Gasteiger partial charge is 0.331 e. The number of benzene rings is 2. The van der Waals surface area contributed by atoms with Crippen LogP contribution in [0.4, 0.5) is 10.1 Å². The number of nitrogens with one attached hydrogen (secondary N) is 1. The van der Waals surface area contributed by atoms with Crippen LogP contribution in [0.25, 0.3) is 6.08 Å². The van der Waals surface area contributed by atoms with E-state index in [2.05, 4.69) is 5.32 Å². The van der Waals surface area contributed by atoms with Gasteiger partial charge in [0.2, 0.25) is 0 Å². The Hall–Kier alpha value is -3.15. The highest BCUT2D eigenvalue weighted by Gasteiger charge is 2.16. The summed E-state index contributed by atoms with van der Waals surface area (Å²) in [6.45, 7) is 3.84. The number of esters is 1. The van der Waals surface area contributed by atoms with E-state index in [9.17, 15) is 14.0 Å². The maximum Gasteiger partial charge on any atom is 0.331 e. The minimum atomic E-state index is -1.00. The van der Waals surface area contributed by atoms with E-state index in [0.29, 0.717) is 18.0 Å². The molecule has 26 heavy (non-hydrogen) atoms. The van der Waals surface area contributed by atoms with Crippen molar-refractivity contribution >= 4 is 23.6 Å². The maximum absolute atomic E-state index is 12.9. The first kappa shape index (κ1) is 19.2. The van der Waals surface area contributed by atoms with Crippen molar-refractivity contribution in [1.82, 2.24) is 0 Å². The highest BCUT2D eigenvalue weighted by atomic mass is 19.1. The summed E-state index contributed by atoms with van der Waals surface area (Å²) in [5.41, 5.74) is 1.15. The first-order valence-electron chi connectivity index (χ1n) is 8.16. The molecule has 0 saturated heterocycles. The Morgan fingerprint density at radius 3 is 2.54 bits per heavy atom. The van der Waals surface area contributed by atoms with E-state index in [-0.39, 0.29) is 0 Å². The van der Waals surface area contributed by atoms with Gasteiger partial charge in [-0.1, -0.05) is 18.2 Å². The molecule has 2 rings (SSSR count). The fraction of sp³-hybridized carbons (Fsp3) is 0.200. The summed E-state index contributed by atoms with van der Waals surface area (Å²) >= 11 is 0. The highest BCUT2D eigenvalue weighted by Crippen LogP contribution is 2.19. The lowest BCUT2D eigenvalue weighted by Gasteiger charge is -2.12. The SMILES string of the molecule is CCOc1ccccc1/C=C/C(=O)O[C@H](C)C(=O)Nc1ccc(F)cc1. The van der Waals surface area contributed by atoms with Gasteiger partial charge in [-0.05, 0) is 50.3 Å². The average Bonchev–Trinajstić information content (AvgIpc) is 2.63. The number of carbonyl (C=O) groups is 2. The van der Waals surface area contributed by atoms with Crippen LogP contribution >= 0.6 is 0 Å². The zero-order valence-electron chi connectivity index (χ0n) is 14.6. The molecule has 0 unspecified atom stereocenters. The van der Waals surface area contributed by atoms with Crippen LogP contribution in [0.3, 0.4) is 0 Å². The Labute approximate surface area is 151 Å². The molecule has 0 aliphatic carbocycles. The van der Waals surface area contributed by atoms with Gasteiger partial charge in [-0.2, -0.15) is 0 Å². The molecule has 0 heterocycles. The predicted octanol–water partition coefficient (Wildman–Crippen LogP) is 3.81. The first-order valence-corrected chi connectivity index (χ1v) is 8.16. The van der Waals surface area contributed by atoms with Crippen LogP contribution in [-0.2, 0) is 14.3 Å². The third-order valence-electron chi connectivity index (χ3n) is 3.39. The molecule has 1 atom stereocenters. The molecular weight excluding hydrogens is 337 g/mol. The van der Waals surface area contributed by atoms with Crippen molar-refractivity contribution in [2.75, 3.05) is 11.9 Å². The molecule has 136 valence electrons. The van der Waals surface area contributed by atoms with E-state index in [1.807, 2.05) is 19.1 Å². The van der Waals surface area contributed by atoms with Crippen LogP contribution in [0, 0.1) is 5.82 Å². The molecule has 2 aromatic rings. The summed E-state index contributed by atoms with van der Waals surface area (Å²) in [6.07, 6.45) is 1.80. The van der Waals surface area contributed by atoms with Gasteiger partial charge in [-0.3, -0.25) is 4.79 Å². The first-order chi connectivity index (χ1) is 12.5. The Morgan fingerprint density at radius 1 is 1.15 bits per heavy atom. The summed E-state index contributed by atoms with van der Waals surface area (Å²) in [6, 6.07) is 12.6. The van der Waals surface area contributed by atoms with Crippen LogP contribution < -0.4 is 10.1 Å². The molecule has 0 aromatic heterocycles. The minimum Gasteiger partial charge on any atom is -0.493 e. The minimum absolute atomic E-state index is 0.403. The lowest BCUT2D eigenvalue weighted by atomic mass is 10.2. The quantitative estimate of drug-likeness (QED) is 0.605. The van der Waals surface area contributed by atoms with Gasteiger partial charge in [0.15, 0.2) is 6.10 Å². The fourth-order valence-corrected chi connectivity index (χ4v) is 2.11. The molecule has 0 spiro atoms. The van der Waals surface area contributed by atoms with E-state index in [4.69, 9.17) is 9.47 Å². The molecule has 0 aliphatic rings. The molecule has 0 bridgehead atoms. The van der Waals surface area contributed by atoms with Gasteiger partial charge >= 0.3 is 5.97 Å². The lowest BCUT2D eigenvalue weighted by molar-refractivity contribution is -0.148. The topological polar surface area (TPSA) is 64.6 Å². The van der Waals surface area contributed by atoms with E-state index >= 15 is 0 Å². The van der Waals surface area contributed by atoms with Crippen molar-refractivity contribution in [2.24, 2.45) is 0 Å². The summed E-state index contributed by atoms with van der Waals surface area (Å²) in [7, 11) is 0. The molecule has 0 radical (unpaired) electrons. The molecule has 2 aromatic carbocycles. The molecule has 5 nitrogen and oxygen atoms in total. The largest absolute Gasteiger partial charge is 0.493 e. The normalized spacial score (nSPS) is 11.8. The van der Waals surface area contributed by atoms with Crippen molar-refractivity contribution in [3.8, 4) is 5.75 Å². The molecule has 6 heteroatoms. The third-order valence-corrected chi connectivity index (χ3v) is 3.39. The summed E-state index contributed by atoms with van der Waals surface area (Å²) < 4.78 is 23.4. The number of ether oxygens (including phenoxy) is 2. The van der Waals surface area contributed by atoms with Gasteiger partial charge in [0.25, 0.3) is 5.91 Å². The van der Waals surface area contributed by atoms with Gasteiger partial charge in [0, 0.05) is 17.3 Å². The number of rotatable bonds is 7. The molecule has 1 N–H and O–H groups in total. The van der Waals surface area contributed by atoms with Crippen LogP contribution in [0.1, 0.15) is 19.4 Å². The second kappa shape index (κ2) is 9.36. The standard InChI is InChI=1S/C20H20FNO4/c1-3-25-18-7-5-4-6-15(18)8-13-19(23)26-14(2)20(24)22-17-11-9-16(21)10-12-17/h4-14H,3H2,1-2H3,(H,22,24)/b13-8+/t14-/m1/s1. The van der Waals surface area contributed by atoms with Crippen molar-refractivity contribution in [3.05, 3.63) is 66.0 Å². The fourth-order valence-electron chi connectivity index (χ4n) is 2.11. The Balaban J connectivity index is 1.92. The number of hydrogen-bond donors (Lipinski definition) is 1. The second-order valence-electron chi connectivity index (χ2n) is 5.38. The van der Waals surface area contributed by atoms with Crippen LogP contribution in [0.15, 0.2) is 54.6 Å². The third kappa shape index (κ3) is 5.73. The van der Waals surface area contributed by atoms with Crippen molar-refractivity contribution in [3.63, 3.8) is 0 Å². The summed E-state index contributed by atoms with van der Waals surface area (Å²) in [5.74, 6) is -0.910. The van der Waals surface area contributed by atoms with Crippen LogP contribution in [0.5, 0.6) is 5.75 Å². The van der Waals surface area contributed by atoms with E-state index < -0.39 is 23.8 Å². The molecule has 0 fully saturated rings. The number of carbonyl (C=O) groups excluding carboxylic acids is 2. The Bertz CT molecular complexity index is 787. The Morgan fingerprint density at radius 2 is 1.85 bits per heavy atom. The van der Waals surface area contributed by atoms with Crippen molar-refractivity contribution in [2.45, 2.75) is 20.0 Å². The van der Waals surface area contributed by atoms with Crippen molar-refractivity contribution < 1.29 is 23.5 Å². The summed E-state index contributed by atoms with van der Waals surface area (Å²) in [5, 5.41) is 2.55. The maximum atomic E-state index is 12.9. The van der Waals surface area contributed by atoms with Gasteiger partial charge in [0.05, 0.1) is 6.61 Å². The number of anilines is 1. The van der Waals surface area contributed by atoms with E-state index in [1.54, 1.807) is 18.2 Å². The second-order valence-corrected chi connectivity index (χ2v) is 5.38. The highest BCUT2D eigenvalue weighted by molar-refractivity contribution is 5.96. The number of amides is 1. The van der Waals surface area contributed by atoms with Crippen LogP contribution in [0.2, 0.25) is 0 Å². The number of para-hydroxylation sites is 1. The zero-order valence-corrected chi connectivity index (χ0v) is 14.6. The molecular formula is C20H20FNO4. The average molecular weight is 357 g/mol. The Kier molecular flexibility index (Phi) is 6.91. The number of halogens is 1. The zero-order chi connectivity index (χ0) is 18.9. The molecule has 0 saturated carbocycles. The monoisotopic (exact) mass is 357 g/mol. The summed E-state index contributed by atoms with van der Waals surface area (Å²) in [4.78, 5) is 23.9.